The summed E-state index contributed by atoms with van der Waals surface area (Å²) in [6.07, 6.45) is 4.40. The Morgan fingerprint density at radius 1 is 0.470 bits per heavy atom. The van der Waals surface area contributed by atoms with Crippen molar-refractivity contribution in [3.8, 4) is 18.2 Å². The zero-order valence-electron chi connectivity index (χ0n) is 77.8. The van der Waals surface area contributed by atoms with Crippen molar-refractivity contribution in [2.45, 2.75) is 104 Å². The molecule has 0 saturated carbocycles. The molecule has 0 radical (unpaired) electrons. The Kier molecular flexibility index (Phi) is 56.6. The second-order valence-electron chi connectivity index (χ2n) is 29.7. The number of benzene rings is 11. The monoisotopic (exact) mass is 1970 g/mol. The first-order chi connectivity index (χ1) is 62.3. The van der Waals surface area contributed by atoms with Crippen LogP contribution in [0.25, 0.3) is 0 Å². The Morgan fingerprint density at radius 2 is 0.712 bits per heavy atom. The van der Waals surface area contributed by atoms with Crippen molar-refractivity contribution in [2.24, 2.45) is 21.5 Å². The Bertz CT molecular complexity index is 5310. The number of rotatable bonds is 28. The minimum absolute atomic E-state index is 0. The first-order valence-corrected chi connectivity index (χ1v) is 44.1. The quantitative estimate of drug-likeness (QED) is 0.00388. The van der Waals surface area contributed by atoms with E-state index in [1.807, 2.05) is 209 Å². The fourth-order valence-electron chi connectivity index (χ4n) is 13.3. The third-order valence-electron chi connectivity index (χ3n) is 20.4. The molecule has 686 valence electrons. The summed E-state index contributed by atoms with van der Waals surface area (Å²) in [5, 5.41) is 62.0. The summed E-state index contributed by atoms with van der Waals surface area (Å²) in [7, 11) is 13.5. The maximum Gasteiger partial charge on any atom is 1.00 e. The fourth-order valence-corrected chi connectivity index (χ4v) is 14.1. The maximum absolute atomic E-state index is 15.5. The summed E-state index contributed by atoms with van der Waals surface area (Å²) in [6.45, 7) is 11.6. The molecule has 0 bridgehead atoms. The Labute approximate surface area is 880 Å². The van der Waals surface area contributed by atoms with E-state index in [1.54, 1.807) is 74.5 Å². The standard InChI is InChI=1S/C30H33FN4.C27H31FN4O.C24H21FN4.C8H7Br2F.C8H8N2.C2H8N2.C2H6O.CH2O3.CH4.2K.H/c1-34(26-14-10-22(11-15-26)28-8-4-18-32-28)20-24-6-3-7-25(30(24)31)21-35(2)27-16-12-23(13-17-27)29-9-5-19-33-29;1-5-33-27(30)21-11-15-25(16-12-21)32(4)18-23-8-6-7-22(26(23)28)17-31(3)24-13-9-20(10-14-24)19(2)29;1-28(22-10-6-18(14-26)7-11-22)16-20-4-3-5-21(24(20)25)17-29(2)23-12-8-19(15-27)9-13-23;9-4-6-2-1-3-7(5-10)8(6)11;1-10-8-4-2-7(6-9)3-5-8;3-1-2-4;1-2-3;2-1-4-3;;;;/h3,6-7,10-17H,4-5,8-9,18-21H2,1-2H3;6-16,29-30H,5,17-18H2,1-4H3;3-13H,16-17H2,1-2H3;1-3H,4-5H2;2-5,10H,1H3;1-4H2;3H,2H2,1H3;1,3H;1H4;;;/q;;;;;;;;;2*+1;-1/p-1. The van der Waals surface area contributed by atoms with Gasteiger partial charge in [-0.1, -0.05) is 148 Å². The smallest absolute Gasteiger partial charge is 1.00 e. The third kappa shape index (κ3) is 38.3. The normalized spacial score (nSPS) is 10.9. The van der Waals surface area contributed by atoms with Gasteiger partial charge in [0.1, 0.15) is 23.3 Å². The number of nitrogens with zero attached hydrogens (tertiary/aromatic N) is 11. The van der Waals surface area contributed by atoms with Crippen LogP contribution < -0.4 is 154 Å². The average Bonchev–Trinajstić information content (AvgIpc) is 1.56. The summed E-state index contributed by atoms with van der Waals surface area (Å²) in [5.74, 6) is -0.495. The SMILES string of the molecule is C.CCO.CCOC(=N)c1ccc(N(C)Cc2cccc(CN(C)c3ccc(C(C)=N)cc3)c2F)cc1.CN(Cc1cccc(CN(C)c2ccc(C#N)cc2)c1F)c1ccc(C#N)cc1.CN(Cc1cccc(CN(C)c2ccc(C3=NCCC3)cc2)c1F)c1ccc(C2=NCCC2)cc1.CNc1ccc(C#N)cc1.Fc1c(CBr)cccc1CBr.NCCN.O=CO[O-].[H-].[K+].[K+]. The maximum atomic E-state index is 15.5. The van der Waals surface area contributed by atoms with Gasteiger partial charge in [-0.05, 0) is 208 Å². The van der Waals surface area contributed by atoms with Crippen LogP contribution in [-0.4, -0.2) is 123 Å². The van der Waals surface area contributed by atoms with Gasteiger partial charge in [-0.3, -0.25) is 20.2 Å². The summed E-state index contributed by atoms with van der Waals surface area (Å²) >= 11 is 6.43. The number of aliphatic hydroxyl groups excluding tert-OH is 1. The van der Waals surface area contributed by atoms with E-state index in [0.717, 1.165) is 84.1 Å². The van der Waals surface area contributed by atoms with Gasteiger partial charge in [0, 0.05) is 228 Å². The van der Waals surface area contributed by atoms with Gasteiger partial charge in [0.05, 0.1) is 41.5 Å². The first kappa shape index (κ1) is 116. The van der Waals surface area contributed by atoms with Crippen LogP contribution in [0.2, 0.25) is 0 Å². The molecule has 0 fully saturated rings. The first-order valence-electron chi connectivity index (χ1n) is 41.9. The molecule has 2 aliphatic rings. The molecule has 0 saturated heterocycles. The van der Waals surface area contributed by atoms with Crippen LogP contribution in [-0.2, 0) is 64.3 Å². The van der Waals surface area contributed by atoms with Crippen LogP contribution in [0.3, 0.4) is 0 Å². The number of carbonyl (C=O) groups excluding carboxylic acids is 1. The third-order valence-corrected chi connectivity index (χ3v) is 21.6. The Balaban J connectivity index is 0.000000571. The van der Waals surface area contributed by atoms with Gasteiger partial charge >= 0.3 is 103 Å². The second kappa shape index (κ2) is 64.2. The van der Waals surface area contributed by atoms with Gasteiger partial charge in [-0.2, -0.15) is 15.8 Å². The minimum Gasteiger partial charge on any atom is -1.00 e. The summed E-state index contributed by atoms with van der Waals surface area (Å²) < 4.78 is 64.4. The molecule has 11 aromatic carbocycles. The molecule has 29 heteroatoms. The predicted octanol–water partition coefficient (Wildman–Crippen LogP) is 14.3. The number of nitrogens with two attached hydrogens (primary N) is 2. The van der Waals surface area contributed by atoms with Crippen molar-refractivity contribution in [3.05, 3.63) is 349 Å². The Hall–Kier alpha value is -9.77. The van der Waals surface area contributed by atoms with Gasteiger partial charge in [-0.15, -0.1) is 0 Å². The number of aliphatic hydroxyl groups is 1. The van der Waals surface area contributed by atoms with E-state index in [2.05, 4.69) is 129 Å². The molecule has 0 unspecified atom stereocenters. The van der Waals surface area contributed by atoms with Gasteiger partial charge in [-0.25, -0.2) is 17.6 Å². The molecule has 0 aromatic heterocycles. The minimum atomic E-state index is -0.214. The topological polar surface area (TPSA) is 306 Å². The number of anilines is 7. The molecule has 2 heterocycles. The van der Waals surface area contributed by atoms with Gasteiger partial charge in [0.25, 0.3) is 6.47 Å². The van der Waals surface area contributed by atoms with Crippen LogP contribution in [0.15, 0.2) is 253 Å². The van der Waals surface area contributed by atoms with Gasteiger partial charge < -0.3 is 73.0 Å². The van der Waals surface area contributed by atoms with E-state index in [1.165, 1.54) is 22.6 Å². The number of carbonyl (C=O) groups is 1. The number of aliphatic imine (C=N–C) groups is 2. The molecule has 0 amide bonds. The molecule has 2 aliphatic heterocycles. The molecule has 0 spiro atoms. The molecule has 13 rings (SSSR count). The van der Waals surface area contributed by atoms with Crippen LogP contribution in [0, 0.1) is 68.1 Å². The van der Waals surface area contributed by atoms with Crippen LogP contribution in [0.4, 0.5) is 57.4 Å². The van der Waals surface area contributed by atoms with Crippen LogP contribution in [0.5, 0.6) is 0 Å². The van der Waals surface area contributed by atoms with Crippen molar-refractivity contribution in [1.82, 2.24) is 0 Å². The number of alkyl halides is 2. The molecular formula is C103H120Br2F4K2N16O5. The fraction of sp³-hybridized carbons (Fsp3) is 0.282. The summed E-state index contributed by atoms with van der Waals surface area (Å²) in [4.78, 5) is 32.5. The molecule has 8 N–H and O–H groups in total. The van der Waals surface area contributed by atoms with E-state index in [0.29, 0.717) is 142 Å². The van der Waals surface area contributed by atoms with Gasteiger partial charge in [0.15, 0.2) is 0 Å². The number of nitrogens with one attached hydrogen (secondary N) is 3. The molecule has 11 aromatic rings. The second-order valence-corrected chi connectivity index (χ2v) is 30.9. The van der Waals surface area contributed by atoms with Gasteiger partial charge in [0.2, 0.25) is 5.90 Å². The summed E-state index contributed by atoms with van der Waals surface area (Å²) in [5.41, 5.74) is 30.8. The van der Waals surface area contributed by atoms with E-state index in [-0.39, 0.29) is 154 Å². The zero-order valence-corrected chi connectivity index (χ0v) is 86.2. The van der Waals surface area contributed by atoms with Crippen molar-refractivity contribution < 1.29 is 147 Å². The molecule has 0 aliphatic carbocycles. The van der Waals surface area contributed by atoms with Crippen LogP contribution >= 0.6 is 31.9 Å². The zero-order chi connectivity index (χ0) is 94.2. The van der Waals surface area contributed by atoms with Crippen molar-refractivity contribution in [3.63, 3.8) is 0 Å². The molecule has 0 atom stereocenters. The average molecular weight is 1980 g/mol. The van der Waals surface area contributed by atoms with Crippen molar-refractivity contribution in [1.29, 1.82) is 26.6 Å². The number of nitriles is 3. The predicted molar refractivity (Wildman–Crippen MR) is 530 cm³/mol. The van der Waals surface area contributed by atoms with E-state index in [9.17, 15) is 4.39 Å². The molecule has 132 heavy (non-hydrogen) atoms. The largest absolute Gasteiger partial charge is 1.00 e. The molecular weight excluding hydrogens is 1860 g/mol. The Morgan fingerprint density at radius 3 is 0.932 bits per heavy atom. The van der Waals surface area contributed by atoms with Crippen molar-refractivity contribution >= 4 is 101 Å². The molecule has 21 nitrogen and oxygen atoms in total. The number of halogens is 6. The van der Waals surface area contributed by atoms with E-state index < -0.39 is 0 Å². The number of ether oxygens (including phenoxy) is 1. The van der Waals surface area contributed by atoms with E-state index in [4.69, 9.17) is 58.0 Å². The van der Waals surface area contributed by atoms with E-state index >= 15 is 13.2 Å². The number of hydrogen-bond acceptors (Lipinski definition) is 21. The van der Waals surface area contributed by atoms with Crippen molar-refractivity contribution in [2.75, 3.05) is 123 Å². The summed E-state index contributed by atoms with van der Waals surface area (Å²) in [6, 6.07) is 82.3. The van der Waals surface area contributed by atoms with Crippen LogP contribution in [0.1, 0.15) is 139 Å². The number of hydrogen-bond donors (Lipinski definition) is 6.